The van der Waals surface area contributed by atoms with Gasteiger partial charge in [-0.25, -0.2) is 4.79 Å². The van der Waals surface area contributed by atoms with Crippen LogP contribution in [0.5, 0.6) is 5.75 Å². The summed E-state index contributed by atoms with van der Waals surface area (Å²) in [7, 11) is 0. The van der Waals surface area contributed by atoms with Gasteiger partial charge in [0.1, 0.15) is 17.4 Å². The number of rotatable bonds is 3. The molecule has 0 saturated heterocycles. The lowest BCUT2D eigenvalue weighted by atomic mass is 9.63. The Morgan fingerprint density at radius 1 is 1.30 bits per heavy atom. The van der Waals surface area contributed by atoms with Gasteiger partial charge >= 0.3 is 6.03 Å². The van der Waals surface area contributed by atoms with E-state index in [1.165, 1.54) is 12.8 Å². The molecule has 0 radical (unpaired) electrons. The predicted molar refractivity (Wildman–Crippen MR) is 104 cm³/mol. The number of ether oxygens (including phenoxy) is 1. The second-order valence-corrected chi connectivity index (χ2v) is 8.60. The highest BCUT2D eigenvalue weighted by atomic mass is 16.5. The van der Waals surface area contributed by atoms with E-state index >= 15 is 0 Å². The Hall–Kier alpha value is -2.19. The number of benzene rings is 1. The number of fused-ring (bicyclic) bond motifs is 2. The molecule has 1 aromatic rings. The molecule has 3 N–H and O–H groups in total. The smallest absolute Gasteiger partial charge is 0.339 e. The minimum atomic E-state index is -0.916. The number of nitrogens with two attached hydrogens (primary N) is 1. The molecule has 27 heavy (non-hydrogen) atoms. The summed E-state index contributed by atoms with van der Waals surface area (Å²) >= 11 is 0. The first-order valence-electron chi connectivity index (χ1n) is 9.84. The predicted octanol–water partition coefficient (Wildman–Crippen LogP) is 4.18. The number of primary amides is 1. The highest BCUT2D eigenvalue weighted by Gasteiger charge is 2.46. The molecule has 0 heterocycles. The zero-order chi connectivity index (χ0) is 19.6. The molecule has 1 aromatic carbocycles. The molecule has 3 atom stereocenters. The van der Waals surface area contributed by atoms with Crippen LogP contribution in [0.4, 0.5) is 4.79 Å². The van der Waals surface area contributed by atoms with Crippen LogP contribution in [0, 0.1) is 29.6 Å². The van der Waals surface area contributed by atoms with Crippen LogP contribution in [0.2, 0.25) is 0 Å². The van der Waals surface area contributed by atoms with Crippen LogP contribution in [0.1, 0.15) is 58.4 Å². The SMILES string of the molecule is C[C@@H]1C[C@H]2C[C@@H](C)C[C@@](Oc3cccc(C#C[C@@H](C)N(O)C(N)=O)c3)(C1)C2. The molecule has 2 aliphatic rings. The topological polar surface area (TPSA) is 75.8 Å². The third kappa shape index (κ3) is 4.75. The van der Waals surface area contributed by atoms with Crippen molar-refractivity contribution in [1.29, 1.82) is 0 Å². The first-order valence-corrected chi connectivity index (χ1v) is 9.84. The lowest BCUT2D eigenvalue weighted by Crippen LogP contribution is -2.48. The maximum absolute atomic E-state index is 11.0. The molecule has 0 spiro atoms. The number of hydrogen-bond acceptors (Lipinski definition) is 3. The van der Waals surface area contributed by atoms with Gasteiger partial charge in [0, 0.05) is 5.56 Å². The molecule has 5 heteroatoms. The minimum absolute atomic E-state index is 0.0623. The third-order valence-corrected chi connectivity index (χ3v) is 5.76. The summed E-state index contributed by atoms with van der Waals surface area (Å²) in [5, 5.41) is 9.95. The summed E-state index contributed by atoms with van der Waals surface area (Å²) in [4.78, 5) is 11.0. The van der Waals surface area contributed by atoms with E-state index in [1.807, 2.05) is 24.3 Å². The molecule has 3 rings (SSSR count). The zero-order valence-corrected chi connectivity index (χ0v) is 16.4. The van der Waals surface area contributed by atoms with E-state index in [-0.39, 0.29) is 5.60 Å². The summed E-state index contributed by atoms with van der Waals surface area (Å²) in [5.74, 6) is 8.83. The number of hydrogen-bond donors (Lipinski definition) is 2. The Morgan fingerprint density at radius 2 is 1.96 bits per heavy atom. The van der Waals surface area contributed by atoms with Crippen LogP contribution < -0.4 is 10.5 Å². The number of urea groups is 1. The first-order chi connectivity index (χ1) is 12.8. The standard InChI is InChI=1S/C22H30N2O3/c1-15-9-19-10-16(2)13-22(12-15,14-19)27-20-6-4-5-18(11-20)8-7-17(3)24(26)21(23)25/h4-6,11,15-17,19,26H,9-10,12-14H2,1-3H3,(H2,23,25)/t15-,16-,17-,19-,22-/m1/s1. The number of nitrogens with zero attached hydrogens (tertiary/aromatic N) is 1. The van der Waals surface area contributed by atoms with Gasteiger partial charge in [0.2, 0.25) is 0 Å². The summed E-state index contributed by atoms with van der Waals surface area (Å²) in [6, 6.07) is 6.16. The maximum Gasteiger partial charge on any atom is 0.339 e. The molecule has 2 aliphatic carbocycles. The van der Waals surface area contributed by atoms with E-state index in [9.17, 15) is 10.0 Å². The van der Waals surface area contributed by atoms with E-state index in [4.69, 9.17) is 10.5 Å². The average Bonchev–Trinajstić information content (AvgIpc) is 2.57. The van der Waals surface area contributed by atoms with Crippen molar-refractivity contribution in [3.8, 4) is 17.6 Å². The van der Waals surface area contributed by atoms with Gasteiger partial charge in [0.05, 0.1) is 0 Å². The summed E-state index contributed by atoms with van der Waals surface area (Å²) < 4.78 is 6.59. The van der Waals surface area contributed by atoms with Gasteiger partial charge < -0.3 is 10.5 Å². The monoisotopic (exact) mass is 370 g/mol. The highest BCUT2D eigenvalue weighted by molar-refractivity contribution is 5.71. The molecular weight excluding hydrogens is 340 g/mol. The first kappa shape index (κ1) is 19.6. The van der Waals surface area contributed by atoms with Crippen molar-refractivity contribution in [2.45, 2.75) is 64.5 Å². The largest absolute Gasteiger partial charge is 0.487 e. The van der Waals surface area contributed by atoms with Crippen LogP contribution in [0.25, 0.3) is 0 Å². The summed E-state index contributed by atoms with van der Waals surface area (Å²) in [6.07, 6.45) is 6.00. The van der Waals surface area contributed by atoms with E-state index in [0.717, 1.165) is 36.5 Å². The van der Waals surface area contributed by atoms with E-state index in [2.05, 4.69) is 25.7 Å². The van der Waals surface area contributed by atoms with Crippen LogP contribution in [-0.2, 0) is 0 Å². The van der Waals surface area contributed by atoms with Gasteiger partial charge in [-0.15, -0.1) is 0 Å². The quantitative estimate of drug-likeness (QED) is 0.476. The van der Waals surface area contributed by atoms with E-state index in [0.29, 0.717) is 16.9 Å². The second kappa shape index (κ2) is 7.82. The fraction of sp³-hybridized carbons (Fsp3) is 0.591. The zero-order valence-electron chi connectivity index (χ0n) is 16.4. The molecule has 2 saturated carbocycles. The highest BCUT2D eigenvalue weighted by Crippen LogP contribution is 2.49. The van der Waals surface area contributed by atoms with Crippen molar-refractivity contribution in [2.24, 2.45) is 23.5 Å². The molecule has 0 aromatic heterocycles. The Morgan fingerprint density at radius 3 is 2.59 bits per heavy atom. The summed E-state index contributed by atoms with van der Waals surface area (Å²) in [6.45, 7) is 6.29. The van der Waals surface area contributed by atoms with Crippen LogP contribution in [-0.4, -0.2) is 27.9 Å². The normalized spacial score (nSPS) is 30.6. The van der Waals surface area contributed by atoms with E-state index in [1.54, 1.807) is 6.92 Å². The van der Waals surface area contributed by atoms with Gasteiger partial charge in [-0.05, 0) is 75.0 Å². The fourth-order valence-electron chi connectivity index (χ4n) is 5.07. The van der Waals surface area contributed by atoms with Crippen LogP contribution >= 0.6 is 0 Å². The Bertz CT molecular complexity index is 732. The van der Waals surface area contributed by atoms with Gasteiger partial charge in [-0.2, -0.15) is 5.06 Å². The van der Waals surface area contributed by atoms with E-state index < -0.39 is 12.1 Å². The van der Waals surface area contributed by atoms with Gasteiger partial charge in [0.25, 0.3) is 0 Å². The van der Waals surface area contributed by atoms with Gasteiger partial charge in [0.15, 0.2) is 0 Å². The van der Waals surface area contributed by atoms with Gasteiger partial charge in [-0.3, -0.25) is 5.21 Å². The van der Waals surface area contributed by atoms with Crippen molar-refractivity contribution >= 4 is 6.03 Å². The lowest BCUT2D eigenvalue weighted by molar-refractivity contribution is -0.0602. The Balaban J connectivity index is 1.75. The minimum Gasteiger partial charge on any atom is -0.487 e. The number of carbonyl (C=O) groups excluding carboxylic acids is 1. The summed E-state index contributed by atoms with van der Waals surface area (Å²) in [5.41, 5.74) is 5.78. The Kier molecular flexibility index (Phi) is 5.67. The maximum atomic E-state index is 11.0. The van der Waals surface area contributed by atoms with Crippen molar-refractivity contribution < 1.29 is 14.7 Å². The van der Waals surface area contributed by atoms with Crippen LogP contribution in [0.3, 0.4) is 0 Å². The van der Waals surface area contributed by atoms with Crippen molar-refractivity contribution in [2.75, 3.05) is 0 Å². The van der Waals surface area contributed by atoms with Crippen LogP contribution in [0.15, 0.2) is 24.3 Å². The third-order valence-electron chi connectivity index (χ3n) is 5.76. The molecule has 0 unspecified atom stereocenters. The molecule has 5 nitrogen and oxygen atoms in total. The molecule has 146 valence electrons. The molecule has 2 fully saturated rings. The van der Waals surface area contributed by atoms with Crippen molar-refractivity contribution in [3.63, 3.8) is 0 Å². The Labute approximate surface area is 161 Å². The van der Waals surface area contributed by atoms with Gasteiger partial charge in [-0.1, -0.05) is 31.8 Å². The number of hydroxylamine groups is 2. The second-order valence-electron chi connectivity index (χ2n) is 8.60. The fourth-order valence-corrected chi connectivity index (χ4v) is 5.07. The lowest BCUT2D eigenvalue weighted by Gasteiger charge is -2.49. The molecule has 2 bridgehead atoms. The molecular formula is C22H30N2O3. The van der Waals surface area contributed by atoms with Crippen molar-refractivity contribution in [3.05, 3.63) is 29.8 Å². The molecule has 2 amide bonds. The number of carbonyl (C=O) groups is 1. The number of amides is 2. The van der Waals surface area contributed by atoms with Crippen molar-refractivity contribution in [1.82, 2.24) is 5.06 Å². The average molecular weight is 370 g/mol. The molecule has 0 aliphatic heterocycles.